The van der Waals surface area contributed by atoms with Crippen LogP contribution in [0.4, 0.5) is 5.69 Å². The van der Waals surface area contributed by atoms with Crippen LogP contribution in [0.1, 0.15) is 15.9 Å². The number of nitrogens with two attached hydrogens (primary N) is 1. The molecule has 3 nitrogen and oxygen atoms in total. The Morgan fingerprint density at radius 1 is 1.31 bits per heavy atom. The molecule has 2 rings (SSSR count). The van der Waals surface area contributed by atoms with Gasteiger partial charge in [0.2, 0.25) is 0 Å². The fourth-order valence-electron chi connectivity index (χ4n) is 1.32. The summed E-state index contributed by atoms with van der Waals surface area (Å²) in [6.45, 7) is 0. The van der Waals surface area contributed by atoms with Crippen LogP contribution in [0.25, 0.3) is 0 Å². The topological polar surface area (TPSA) is 56.2 Å². The van der Waals surface area contributed by atoms with Crippen LogP contribution in [0.15, 0.2) is 39.6 Å². The van der Waals surface area contributed by atoms with Gasteiger partial charge in [0.1, 0.15) is 0 Å². The molecule has 5 heteroatoms. The Balaban J connectivity index is 2.46. The normalized spacial score (nSPS) is 10.4. The predicted molar refractivity (Wildman–Crippen MR) is 65.7 cm³/mol. The average molecular weight is 301 g/mol. The van der Waals surface area contributed by atoms with Crippen molar-refractivity contribution < 1.29 is 9.21 Å². The van der Waals surface area contributed by atoms with Gasteiger partial charge in [0.05, 0.1) is 16.8 Å². The summed E-state index contributed by atoms with van der Waals surface area (Å²) < 4.78 is 5.39. The van der Waals surface area contributed by atoms with Crippen molar-refractivity contribution in [3.8, 4) is 0 Å². The number of benzene rings is 1. The molecule has 1 heterocycles. The van der Waals surface area contributed by atoms with Gasteiger partial charge in [0.25, 0.3) is 0 Å². The third-order valence-electron chi connectivity index (χ3n) is 2.10. The molecule has 2 N–H and O–H groups in total. The van der Waals surface area contributed by atoms with E-state index in [9.17, 15) is 4.79 Å². The van der Waals surface area contributed by atoms with Gasteiger partial charge in [-0.15, -0.1) is 0 Å². The molecule has 0 amide bonds. The number of anilines is 1. The number of ketones is 1. The fraction of sp³-hybridized carbons (Fsp3) is 0. The van der Waals surface area contributed by atoms with Crippen molar-refractivity contribution in [1.29, 1.82) is 0 Å². The Labute approximate surface area is 105 Å². The molecule has 1 aromatic carbocycles. The molecule has 0 aliphatic heterocycles. The van der Waals surface area contributed by atoms with E-state index in [0.717, 1.165) is 0 Å². The minimum atomic E-state index is -0.203. The molecule has 82 valence electrons. The maximum Gasteiger partial charge on any atom is 0.198 e. The van der Waals surface area contributed by atoms with Crippen LogP contribution in [0.3, 0.4) is 0 Å². The quantitative estimate of drug-likeness (QED) is 0.682. The van der Waals surface area contributed by atoms with Crippen molar-refractivity contribution >= 4 is 39.0 Å². The summed E-state index contributed by atoms with van der Waals surface area (Å²) in [5.74, 6) is -0.203. The Kier molecular flexibility index (Phi) is 3.03. The number of hydrogen-bond donors (Lipinski definition) is 1. The third kappa shape index (κ3) is 1.99. The van der Waals surface area contributed by atoms with Gasteiger partial charge in [-0.2, -0.15) is 0 Å². The maximum absolute atomic E-state index is 12.0. The summed E-state index contributed by atoms with van der Waals surface area (Å²) in [7, 11) is 0. The number of halogens is 2. The molecule has 0 radical (unpaired) electrons. The highest BCUT2D eigenvalue weighted by Crippen LogP contribution is 2.26. The van der Waals surface area contributed by atoms with Crippen molar-refractivity contribution in [3.05, 3.63) is 51.3 Å². The highest BCUT2D eigenvalue weighted by Gasteiger charge is 2.17. The molecule has 0 bridgehead atoms. The van der Waals surface area contributed by atoms with E-state index in [1.807, 2.05) is 0 Å². The Morgan fingerprint density at radius 3 is 2.62 bits per heavy atom. The van der Waals surface area contributed by atoms with Gasteiger partial charge in [-0.25, -0.2) is 0 Å². The fourth-order valence-corrected chi connectivity index (χ4v) is 2.01. The highest BCUT2D eigenvalue weighted by atomic mass is 79.9. The first-order valence-corrected chi connectivity index (χ1v) is 5.59. The molecule has 16 heavy (non-hydrogen) atoms. The van der Waals surface area contributed by atoms with E-state index in [2.05, 4.69) is 15.9 Å². The molecular weight excluding hydrogens is 293 g/mol. The molecule has 0 aliphatic rings. The molecule has 1 aromatic heterocycles. The molecule has 0 aliphatic carbocycles. The number of nitrogen functional groups attached to an aromatic ring is 1. The predicted octanol–water partition coefficient (Wildman–Crippen LogP) is 3.51. The second kappa shape index (κ2) is 4.31. The molecule has 2 aromatic rings. The third-order valence-corrected chi connectivity index (χ3v) is 3.03. The van der Waals surface area contributed by atoms with Crippen LogP contribution >= 0.6 is 27.5 Å². The standard InChI is InChI=1S/C11H7BrClNO2/c12-11-8(3-4-16-11)10(15)7-2-1-6(14)5-9(7)13/h1-5H,14H2. The molecule has 0 unspecified atom stereocenters. The van der Waals surface area contributed by atoms with Crippen LogP contribution in [0.2, 0.25) is 5.02 Å². The highest BCUT2D eigenvalue weighted by molar-refractivity contribution is 9.10. The lowest BCUT2D eigenvalue weighted by Gasteiger charge is -2.02. The van der Waals surface area contributed by atoms with E-state index in [1.165, 1.54) is 6.26 Å². The summed E-state index contributed by atoms with van der Waals surface area (Å²) >= 11 is 9.09. The summed E-state index contributed by atoms with van der Waals surface area (Å²) in [5, 5.41) is 0.332. The van der Waals surface area contributed by atoms with Gasteiger partial charge >= 0.3 is 0 Å². The number of hydrogen-bond acceptors (Lipinski definition) is 3. The lowest BCUT2D eigenvalue weighted by Crippen LogP contribution is -2.02. The smallest absolute Gasteiger partial charge is 0.198 e. The maximum atomic E-state index is 12.0. The molecule has 0 atom stereocenters. The average Bonchev–Trinajstić information content (AvgIpc) is 2.63. The molecule has 0 saturated heterocycles. The Hall–Kier alpha value is -1.26. The minimum absolute atomic E-state index is 0.203. The van der Waals surface area contributed by atoms with Crippen LogP contribution in [-0.2, 0) is 0 Å². The zero-order valence-electron chi connectivity index (χ0n) is 8.04. The monoisotopic (exact) mass is 299 g/mol. The first-order chi connectivity index (χ1) is 7.59. The number of carbonyl (C=O) groups excluding carboxylic acids is 1. The van der Waals surface area contributed by atoms with Gasteiger partial charge < -0.3 is 10.2 Å². The number of carbonyl (C=O) groups is 1. The summed E-state index contributed by atoms with van der Waals surface area (Å²) in [6, 6.07) is 6.36. The number of rotatable bonds is 2. The zero-order valence-corrected chi connectivity index (χ0v) is 10.4. The largest absolute Gasteiger partial charge is 0.457 e. The first-order valence-electron chi connectivity index (χ1n) is 4.42. The molecule has 0 saturated carbocycles. The molecule has 0 spiro atoms. The van der Waals surface area contributed by atoms with Crippen LogP contribution in [0, 0.1) is 0 Å². The summed E-state index contributed by atoms with van der Waals surface area (Å²) in [5.41, 5.74) is 6.91. The van der Waals surface area contributed by atoms with Crippen molar-refractivity contribution in [2.45, 2.75) is 0 Å². The Morgan fingerprint density at radius 2 is 2.06 bits per heavy atom. The van der Waals surface area contributed by atoms with Crippen molar-refractivity contribution in [2.75, 3.05) is 5.73 Å². The second-order valence-electron chi connectivity index (χ2n) is 3.18. The Bertz CT molecular complexity index is 551. The SMILES string of the molecule is Nc1ccc(C(=O)c2ccoc2Br)c(Cl)c1. The zero-order chi connectivity index (χ0) is 11.7. The number of furan rings is 1. The summed E-state index contributed by atoms with van der Waals surface area (Å²) in [4.78, 5) is 12.0. The summed E-state index contributed by atoms with van der Waals surface area (Å²) in [6.07, 6.45) is 1.43. The van der Waals surface area contributed by atoms with E-state index in [4.69, 9.17) is 21.8 Å². The minimum Gasteiger partial charge on any atom is -0.457 e. The van der Waals surface area contributed by atoms with Gasteiger partial charge in [0, 0.05) is 11.3 Å². The lowest BCUT2D eigenvalue weighted by atomic mass is 10.1. The lowest BCUT2D eigenvalue weighted by molar-refractivity contribution is 0.103. The molecular formula is C11H7BrClNO2. The van der Waals surface area contributed by atoms with E-state index in [0.29, 0.717) is 26.5 Å². The van der Waals surface area contributed by atoms with Gasteiger partial charge in [-0.3, -0.25) is 4.79 Å². The molecule has 0 fully saturated rings. The van der Waals surface area contributed by atoms with Gasteiger partial charge in [-0.1, -0.05) is 11.6 Å². The van der Waals surface area contributed by atoms with Crippen molar-refractivity contribution in [2.24, 2.45) is 0 Å². The van der Waals surface area contributed by atoms with E-state index in [1.54, 1.807) is 24.3 Å². The van der Waals surface area contributed by atoms with E-state index < -0.39 is 0 Å². The van der Waals surface area contributed by atoms with Gasteiger partial charge in [0.15, 0.2) is 10.5 Å². The van der Waals surface area contributed by atoms with Crippen molar-refractivity contribution in [3.63, 3.8) is 0 Å². The first kappa shape index (κ1) is 11.2. The second-order valence-corrected chi connectivity index (χ2v) is 4.30. The van der Waals surface area contributed by atoms with Crippen LogP contribution in [0.5, 0.6) is 0 Å². The van der Waals surface area contributed by atoms with Crippen molar-refractivity contribution in [1.82, 2.24) is 0 Å². The van der Waals surface area contributed by atoms with Gasteiger partial charge in [-0.05, 0) is 40.2 Å². The van der Waals surface area contributed by atoms with Crippen LogP contribution < -0.4 is 5.73 Å². The van der Waals surface area contributed by atoms with E-state index in [-0.39, 0.29) is 5.78 Å². The van der Waals surface area contributed by atoms with E-state index >= 15 is 0 Å². The van der Waals surface area contributed by atoms with Crippen LogP contribution in [-0.4, -0.2) is 5.78 Å².